The maximum absolute atomic E-state index is 12.0. The quantitative estimate of drug-likeness (QED) is 0.833. The molecule has 110 valence electrons. The third-order valence-electron chi connectivity index (χ3n) is 3.11. The number of nitrogens with one attached hydrogen (secondary N) is 1. The fourth-order valence-electron chi connectivity index (χ4n) is 1.94. The highest BCUT2D eigenvalue weighted by Gasteiger charge is 2.23. The van der Waals surface area contributed by atoms with E-state index in [2.05, 4.69) is 10.3 Å². The molecule has 0 aromatic heterocycles. The van der Waals surface area contributed by atoms with Gasteiger partial charge in [-0.15, -0.1) is 0 Å². The first-order valence-electron chi connectivity index (χ1n) is 6.75. The van der Waals surface area contributed by atoms with Crippen LogP contribution in [0.1, 0.15) is 11.1 Å². The fraction of sp³-hybridized carbons (Fsp3) is 0.0588. The zero-order chi connectivity index (χ0) is 15.5. The Balaban J connectivity index is 1.80. The van der Waals surface area contributed by atoms with Gasteiger partial charge in [0.2, 0.25) is 0 Å². The van der Waals surface area contributed by atoms with Gasteiger partial charge in [-0.3, -0.25) is 4.79 Å². The van der Waals surface area contributed by atoms with Gasteiger partial charge in [-0.1, -0.05) is 29.8 Å². The van der Waals surface area contributed by atoms with Crippen molar-refractivity contribution in [2.24, 2.45) is 4.99 Å². The Hall–Kier alpha value is -2.53. The second-order valence-electron chi connectivity index (χ2n) is 4.91. The molecule has 1 saturated heterocycles. The third-order valence-corrected chi connectivity index (χ3v) is 4.02. The summed E-state index contributed by atoms with van der Waals surface area (Å²) in [6.07, 6.45) is 1.77. The maximum Gasteiger partial charge on any atom is 0.264 e. The Morgan fingerprint density at radius 3 is 2.45 bits per heavy atom. The molecule has 22 heavy (non-hydrogen) atoms. The number of thioether (sulfide) groups is 1. The summed E-state index contributed by atoms with van der Waals surface area (Å²) in [6, 6.07) is 14.5. The van der Waals surface area contributed by atoms with Crippen molar-refractivity contribution < 1.29 is 9.90 Å². The van der Waals surface area contributed by atoms with Gasteiger partial charge >= 0.3 is 0 Å². The van der Waals surface area contributed by atoms with Crippen molar-refractivity contribution in [3.8, 4) is 5.75 Å². The van der Waals surface area contributed by atoms with Gasteiger partial charge in [0, 0.05) is 0 Å². The zero-order valence-corrected chi connectivity index (χ0v) is 12.7. The van der Waals surface area contributed by atoms with E-state index in [1.54, 1.807) is 30.3 Å². The lowest BCUT2D eigenvalue weighted by atomic mass is 10.2. The Morgan fingerprint density at radius 1 is 1.09 bits per heavy atom. The monoisotopic (exact) mass is 310 g/mol. The molecule has 5 heteroatoms. The molecule has 1 heterocycles. The van der Waals surface area contributed by atoms with E-state index >= 15 is 0 Å². The summed E-state index contributed by atoms with van der Waals surface area (Å²) in [5.74, 6) is 0.0382. The van der Waals surface area contributed by atoms with Gasteiger partial charge in [0.25, 0.3) is 5.91 Å². The van der Waals surface area contributed by atoms with Crippen molar-refractivity contribution in [3.63, 3.8) is 0 Å². The van der Waals surface area contributed by atoms with Crippen LogP contribution in [0.2, 0.25) is 0 Å². The summed E-state index contributed by atoms with van der Waals surface area (Å²) in [5, 5.41) is 12.6. The highest BCUT2D eigenvalue weighted by atomic mass is 32.2. The SMILES string of the molecule is Cc1ccc(N=C2NC(=O)/C(=C/c3ccc(O)cc3)S2)cc1. The summed E-state index contributed by atoms with van der Waals surface area (Å²) in [4.78, 5) is 17.0. The number of phenols is 1. The molecule has 0 unspecified atom stereocenters. The van der Waals surface area contributed by atoms with Crippen molar-refractivity contribution >= 4 is 34.6 Å². The molecule has 0 atom stereocenters. The van der Waals surface area contributed by atoms with E-state index in [4.69, 9.17) is 0 Å². The molecule has 4 nitrogen and oxygen atoms in total. The molecule has 2 aromatic rings. The molecule has 2 N–H and O–H groups in total. The van der Waals surface area contributed by atoms with Crippen LogP contribution in [0.5, 0.6) is 5.75 Å². The van der Waals surface area contributed by atoms with E-state index < -0.39 is 0 Å². The first-order valence-corrected chi connectivity index (χ1v) is 7.57. The summed E-state index contributed by atoms with van der Waals surface area (Å²) in [6.45, 7) is 2.02. The smallest absolute Gasteiger partial charge is 0.264 e. The van der Waals surface area contributed by atoms with Crippen molar-refractivity contribution in [1.82, 2.24) is 5.32 Å². The summed E-state index contributed by atoms with van der Waals surface area (Å²) < 4.78 is 0. The zero-order valence-electron chi connectivity index (χ0n) is 11.9. The Labute approximate surface area is 132 Å². The minimum Gasteiger partial charge on any atom is -0.508 e. The Bertz CT molecular complexity index is 762. The Morgan fingerprint density at radius 2 is 1.77 bits per heavy atom. The van der Waals surface area contributed by atoms with Gasteiger partial charge in [-0.2, -0.15) is 0 Å². The molecule has 1 aliphatic heterocycles. The van der Waals surface area contributed by atoms with Crippen molar-refractivity contribution in [2.75, 3.05) is 0 Å². The second-order valence-corrected chi connectivity index (χ2v) is 5.94. The molecule has 0 spiro atoms. The largest absolute Gasteiger partial charge is 0.508 e. The van der Waals surface area contributed by atoms with E-state index in [9.17, 15) is 9.90 Å². The number of carbonyl (C=O) groups excluding carboxylic acids is 1. The number of aryl methyl sites for hydroxylation is 1. The van der Waals surface area contributed by atoms with Gasteiger partial charge in [0.15, 0.2) is 5.17 Å². The molecule has 0 bridgehead atoms. The maximum atomic E-state index is 12.0. The lowest BCUT2D eigenvalue weighted by Gasteiger charge is -1.97. The second kappa shape index (κ2) is 6.07. The fourth-order valence-corrected chi connectivity index (χ4v) is 2.78. The van der Waals surface area contributed by atoms with Crippen LogP contribution in [0.4, 0.5) is 5.69 Å². The van der Waals surface area contributed by atoms with E-state index in [1.807, 2.05) is 31.2 Å². The normalized spacial score (nSPS) is 18.0. The molecule has 2 aromatic carbocycles. The highest BCUT2D eigenvalue weighted by Crippen LogP contribution is 2.28. The number of benzene rings is 2. The molecule has 1 fully saturated rings. The molecular weight excluding hydrogens is 296 g/mol. The van der Waals surface area contributed by atoms with E-state index in [-0.39, 0.29) is 11.7 Å². The number of rotatable bonds is 2. The van der Waals surface area contributed by atoms with Gasteiger partial charge in [-0.05, 0) is 54.6 Å². The van der Waals surface area contributed by atoms with Crippen LogP contribution in [-0.2, 0) is 4.79 Å². The van der Waals surface area contributed by atoms with Crippen LogP contribution in [0.25, 0.3) is 6.08 Å². The number of aromatic hydroxyl groups is 1. The molecule has 0 aliphatic carbocycles. The topological polar surface area (TPSA) is 61.7 Å². The number of phenolic OH excluding ortho intramolecular Hbond substituents is 1. The van der Waals surface area contributed by atoms with Crippen LogP contribution >= 0.6 is 11.8 Å². The van der Waals surface area contributed by atoms with Crippen LogP contribution in [0.3, 0.4) is 0 Å². The van der Waals surface area contributed by atoms with Crippen molar-refractivity contribution in [2.45, 2.75) is 6.92 Å². The predicted molar refractivity (Wildman–Crippen MR) is 90.1 cm³/mol. The molecule has 0 saturated carbocycles. The summed E-state index contributed by atoms with van der Waals surface area (Å²) in [7, 11) is 0. The van der Waals surface area contributed by atoms with Crippen LogP contribution in [0, 0.1) is 6.92 Å². The Kier molecular flexibility index (Phi) is 3.98. The van der Waals surface area contributed by atoms with Gasteiger partial charge < -0.3 is 10.4 Å². The lowest BCUT2D eigenvalue weighted by Crippen LogP contribution is -2.19. The number of amidine groups is 1. The van der Waals surface area contributed by atoms with Crippen molar-refractivity contribution in [1.29, 1.82) is 0 Å². The average molecular weight is 310 g/mol. The molecule has 1 amide bonds. The highest BCUT2D eigenvalue weighted by molar-refractivity contribution is 8.18. The van der Waals surface area contributed by atoms with Gasteiger partial charge in [0.05, 0.1) is 10.6 Å². The first kappa shape index (κ1) is 14.4. The molecular formula is C17H14N2O2S. The van der Waals surface area contributed by atoms with E-state index in [0.29, 0.717) is 10.1 Å². The molecule has 3 rings (SSSR count). The number of aliphatic imine (C=N–C) groups is 1. The summed E-state index contributed by atoms with van der Waals surface area (Å²) >= 11 is 1.30. The van der Waals surface area contributed by atoms with Crippen molar-refractivity contribution in [3.05, 3.63) is 64.6 Å². The number of carbonyl (C=O) groups is 1. The number of nitrogens with zero attached hydrogens (tertiary/aromatic N) is 1. The number of hydrogen-bond acceptors (Lipinski definition) is 4. The number of amides is 1. The third kappa shape index (κ3) is 3.38. The molecule has 1 aliphatic rings. The average Bonchev–Trinajstić information content (AvgIpc) is 2.84. The van der Waals surface area contributed by atoms with Gasteiger partial charge in [-0.25, -0.2) is 4.99 Å². The van der Waals surface area contributed by atoms with Crippen LogP contribution in [-0.4, -0.2) is 16.2 Å². The first-order chi connectivity index (χ1) is 10.6. The standard InChI is InChI=1S/C17H14N2O2S/c1-11-2-6-13(7-3-11)18-17-19-16(21)15(22-17)10-12-4-8-14(20)9-5-12/h2-10,20H,1H3,(H,18,19,21)/b15-10-. The molecule has 0 radical (unpaired) electrons. The number of hydrogen-bond donors (Lipinski definition) is 2. The van der Waals surface area contributed by atoms with Crippen LogP contribution in [0.15, 0.2) is 58.4 Å². The lowest BCUT2D eigenvalue weighted by molar-refractivity contribution is -0.115. The van der Waals surface area contributed by atoms with E-state index in [1.165, 1.54) is 17.3 Å². The minimum absolute atomic E-state index is 0.163. The predicted octanol–water partition coefficient (Wildman–Crippen LogP) is 3.59. The minimum atomic E-state index is -0.163. The van der Waals surface area contributed by atoms with E-state index in [0.717, 1.165) is 11.3 Å². The van der Waals surface area contributed by atoms with Crippen LogP contribution < -0.4 is 5.32 Å². The van der Waals surface area contributed by atoms with Gasteiger partial charge in [0.1, 0.15) is 5.75 Å². The summed E-state index contributed by atoms with van der Waals surface area (Å²) in [5.41, 5.74) is 2.83.